The van der Waals surface area contributed by atoms with E-state index in [0.717, 1.165) is 0 Å². The van der Waals surface area contributed by atoms with Gasteiger partial charge in [0.15, 0.2) is 0 Å². The van der Waals surface area contributed by atoms with E-state index in [0.29, 0.717) is 13.1 Å². The number of carbonyl (C=O) groups excluding carboxylic acids is 1. The molecule has 1 rings (SSSR count). The van der Waals surface area contributed by atoms with Crippen LogP contribution in [0.15, 0.2) is 0 Å². The van der Waals surface area contributed by atoms with E-state index in [1.54, 1.807) is 0 Å². The van der Waals surface area contributed by atoms with Gasteiger partial charge in [-0.15, -0.1) is 12.4 Å². The molecule has 1 fully saturated rings. The zero-order valence-corrected chi connectivity index (χ0v) is 5.61. The number of halogens is 1. The van der Waals surface area contributed by atoms with Crippen molar-refractivity contribution in [1.82, 2.24) is 5.32 Å². The minimum absolute atomic E-state index is 0. The average molecular weight is 153 g/mol. The van der Waals surface area contributed by atoms with Crippen LogP contribution < -0.4 is 11.1 Å². The number of cyclic esters (lactones) is 1. The first-order valence-electron chi connectivity index (χ1n) is 2.47. The van der Waals surface area contributed by atoms with Crippen molar-refractivity contribution in [3.05, 3.63) is 0 Å². The van der Waals surface area contributed by atoms with Gasteiger partial charge >= 0.3 is 6.09 Å². The molecule has 0 aromatic carbocycles. The largest absolute Gasteiger partial charge is 0.443 e. The molecular weight excluding hydrogens is 144 g/mol. The lowest BCUT2D eigenvalue weighted by Gasteiger charge is -1.99. The van der Waals surface area contributed by atoms with Crippen molar-refractivity contribution in [1.29, 1.82) is 0 Å². The van der Waals surface area contributed by atoms with E-state index >= 15 is 0 Å². The topological polar surface area (TPSA) is 64.3 Å². The lowest BCUT2D eigenvalue weighted by molar-refractivity contribution is 0.144. The summed E-state index contributed by atoms with van der Waals surface area (Å²) in [5.41, 5.74) is 5.18. The molecule has 1 heterocycles. The maximum absolute atomic E-state index is 10.2. The van der Waals surface area contributed by atoms with E-state index in [9.17, 15) is 4.79 Å². The Kier molecular flexibility index (Phi) is 3.34. The number of hydrogen-bond donors (Lipinski definition) is 2. The third-order valence-electron chi connectivity index (χ3n) is 1.01. The standard InChI is InChI=1S/C4H8N2O2.ClH/c5-1-3-2-6-4(7)8-3;/h3H,1-2,5H2,(H,6,7);1H/t3-;/m1./s1. The van der Waals surface area contributed by atoms with Crippen LogP contribution in [0.4, 0.5) is 4.79 Å². The Morgan fingerprint density at radius 3 is 2.78 bits per heavy atom. The van der Waals surface area contributed by atoms with Crippen molar-refractivity contribution < 1.29 is 9.53 Å². The molecule has 0 saturated carbocycles. The molecule has 1 atom stereocenters. The number of alkyl carbamates (subject to hydrolysis) is 1. The first-order chi connectivity index (χ1) is 3.83. The average Bonchev–Trinajstić information content (AvgIpc) is 2.14. The smallest absolute Gasteiger partial charge is 0.407 e. The van der Waals surface area contributed by atoms with Crippen molar-refractivity contribution >= 4 is 18.5 Å². The van der Waals surface area contributed by atoms with Crippen LogP contribution in [0.1, 0.15) is 0 Å². The maximum Gasteiger partial charge on any atom is 0.407 e. The predicted octanol–water partition coefficient (Wildman–Crippen LogP) is -0.525. The van der Waals surface area contributed by atoms with Crippen molar-refractivity contribution in [2.45, 2.75) is 6.10 Å². The predicted molar refractivity (Wildman–Crippen MR) is 34.6 cm³/mol. The first-order valence-corrected chi connectivity index (χ1v) is 2.47. The second-order valence-corrected chi connectivity index (χ2v) is 1.64. The van der Waals surface area contributed by atoms with Gasteiger partial charge in [-0.25, -0.2) is 4.79 Å². The zero-order valence-electron chi connectivity index (χ0n) is 4.79. The van der Waals surface area contributed by atoms with Crippen LogP contribution in [0.3, 0.4) is 0 Å². The number of carbonyl (C=O) groups is 1. The summed E-state index contributed by atoms with van der Waals surface area (Å²) in [5.74, 6) is 0. The van der Waals surface area contributed by atoms with E-state index in [1.807, 2.05) is 0 Å². The van der Waals surface area contributed by atoms with Crippen LogP contribution in [-0.2, 0) is 4.74 Å². The molecule has 0 bridgehead atoms. The molecule has 0 aromatic heterocycles. The van der Waals surface area contributed by atoms with Gasteiger partial charge in [0, 0.05) is 6.54 Å². The Bertz CT molecular complexity index is 109. The Labute approximate surface area is 59.1 Å². The van der Waals surface area contributed by atoms with Gasteiger partial charge < -0.3 is 15.8 Å². The van der Waals surface area contributed by atoms with Gasteiger partial charge in [0.2, 0.25) is 0 Å². The summed E-state index contributed by atoms with van der Waals surface area (Å²) < 4.78 is 4.64. The molecule has 0 aliphatic carbocycles. The highest BCUT2D eigenvalue weighted by atomic mass is 35.5. The summed E-state index contributed by atoms with van der Waals surface area (Å²) in [7, 11) is 0. The SMILES string of the molecule is Cl.NC[C@@H]1CNC(=O)O1. The Balaban J connectivity index is 0.000000640. The molecule has 4 nitrogen and oxygen atoms in total. The lowest BCUT2D eigenvalue weighted by atomic mass is 10.4. The Hall–Kier alpha value is -0.480. The Morgan fingerprint density at radius 1 is 1.89 bits per heavy atom. The van der Waals surface area contributed by atoms with Gasteiger partial charge in [0.05, 0.1) is 6.54 Å². The third-order valence-corrected chi connectivity index (χ3v) is 1.01. The van der Waals surface area contributed by atoms with Crippen molar-refractivity contribution in [3.8, 4) is 0 Å². The number of nitrogens with two attached hydrogens (primary N) is 1. The fourth-order valence-corrected chi connectivity index (χ4v) is 0.563. The van der Waals surface area contributed by atoms with E-state index in [-0.39, 0.29) is 24.6 Å². The van der Waals surface area contributed by atoms with E-state index in [4.69, 9.17) is 5.73 Å². The van der Waals surface area contributed by atoms with Crippen molar-refractivity contribution in [2.24, 2.45) is 5.73 Å². The molecule has 3 N–H and O–H groups in total. The van der Waals surface area contributed by atoms with Crippen molar-refractivity contribution in [2.75, 3.05) is 13.1 Å². The summed E-state index contributed by atoms with van der Waals surface area (Å²) in [6.07, 6.45) is -0.469. The van der Waals surface area contributed by atoms with E-state index < -0.39 is 0 Å². The van der Waals surface area contributed by atoms with Crippen molar-refractivity contribution in [3.63, 3.8) is 0 Å². The number of nitrogens with one attached hydrogen (secondary N) is 1. The second kappa shape index (κ2) is 3.53. The lowest BCUT2D eigenvalue weighted by Crippen LogP contribution is -2.23. The molecular formula is C4H9ClN2O2. The molecule has 1 aliphatic rings. The van der Waals surface area contributed by atoms with Crippen LogP contribution in [0.25, 0.3) is 0 Å². The highest BCUT2D eigenvalue weighted by Gasteiger charge is 2.19. The Morgan fingerprint density at radius 2 is 2.56 bits per heavy atom. The van der Waals surface area contributed by atoms with Crippen LogP contribution in [-0.4, -0.2) is 25.3 Å². The zero-order chi connectivity index (χ0) is 5.98. The van der Waals surface area contributed by atoms with E-state index in [1.165, 1.54) is 0 Å². The summed E-state index contributed by atoms with van der Waals surface area (Å²) >= 11 is 0. The molecule has 54 valence electrons. The normalized spacial score (nSPS) is 24.1. The molecule has 0 spiro atoms. The summed E-state index contributed by atoms with van der Waals surface area (Å²) in [4.78, 5) is 10.2. The highest BCUT2D eigenvalue weighted by Crippen LogP contribution is 1.95. The summed E-state index contributed by atoms with van der Waals surface area (Å²) in [6.45, 7) is 0.952. The number of rotatable bonds is 1. The summed E-state index contributed by atoms with van der Waals surface area (Å²) in [6, 6.07) is 0. The first kappa shape index (κ1) is 8.52. The molecule has 0 aromatic rings. The molecule has 9 heavy (non-hydrogen) atoms. The van der Waals surface area contributed by atoms with Gasteiger partial charge in [-0.1, -0.05) is 0 Å². The van der Waals surface area contributed by atoms with Crippen LogP contribution >= 0.6 is 12.4 Å². The molecule has 1 amide bonds. The van der Waals surface area contributed by atoms with Gasteiger partial charge in [0.25, 0.3) is 0 Å². The number of ether oxygens (including phenoxy) is 1. The second-order valence-electron chi connectivity index (χ2n) is 1.64. The molecule has 1 aliphatic heterocycles. The highest BCUT2D eigenvalue weighted by molar-refractivity contribution is 5.85. The minimum Gasteiger partial charge on any atom is -0.443 e. The monoisotopic (exact) mass is 152 g/mol. The van der Waals surface area contributed by atoms with Crippen LogP contribution in [0.5, 0.6) is 0 Å². The minimum atomic E-state index is -0.361. The summed E-state index contributed by atoms with van der Waals surface area (Å²) in [5, 5.41) is 2.48. The van der Waals surface area contributed by atoms with Gasteiger partial charge in [-0.2, -0.15) is 0 Å². The maximum atomic E-state index is 10.2. The van der Waals surface area contributed by atoms with Gasteiger partial charge in [-0.05, 0) is 0 Å². The molecule has 5 heteroatoms. The van der Waals surface area contributed by atoms with Crippen LogP contribution in [0, 0.1) is 0 Å². The van der Waals surface area contributed by atoms with Gasteiger partial charge in [-0.3, -0.25) is 0 Å². The number of hydrogen-bond acceptors (Lipinski definition) is 3. The molecule has 1 saturated heterocycles. The van der Waals surface area contributed by atoms with Crippen LogP contribution in [0.2, 0.25) is 0 Å². The fraction of sp³-hybridized carbons (Fsp3) is 0.750. The third kappa shape index (κ3) is 2.07. The molecule has 0 radical (unpaired) electrons. The molecule has 0 unspecified atom stereocenters. The fourth-order valence-electron chi connectivity index (χ4n) is 0.563. The van der Waals surface area contributed by atoms with E-state index in [2.05, 4.69) is 10.1 Å². The number of amides is 1. The van der Waals surface area contributed by atoms with Gasteiger partial charge in [0.1, 0.15) is 6.10 Å². The quantitative estimate of drug-likeness (QED) is 0.531.